The molecule has 0 radical (unpaired) electrons. The monoisotopic (exact) mass is 338 g/mol. The molecule has 1 saturated carbocycles. The predicted octanol–water partition coefficient (Wildman–Crippen LogP) is 1.52. The molecule has 0 aromatic heterocycles. The Morgan fingerprint density at radius 3 is 2.67 bits per heavy atom. The molecule has 3 rings (SSSR count). The van der Waals surface area contributed by atoms with Gasteiger partial charge in [-0.15, -0.1) is 0 Å². The minimum atomic E-state index is -1.31. The number of esters is 2. The van der Waals surface area contributed by atoms with Crippen LogP contribution in [0.25, 0.3) is 0 Å². The molecule has 1 aliphatic carbocycles. The molecule has 2 heterocycles. The lowest BCUT2D eigenvalue weighted by molar-refractivity contribution is -0.404. The van der Waals surface area contributed by atoms with E-state index in [-0.39, 0.29) is 11.7 Å². The van der Waals surface area contributed by atoms with Crippen LogP contribution in [0.2, 0.25) is 0 Å². The minimum absolute atomic E-state index is 0.277. The first-order chi connectivity index (χ1) is 11.1. The molecule has 1 N–H and O–H groups in total. The van der Waals surface area contributed by atoms with Crippen LogP contribution in [0.5, 0.6) is 0 Å². The van der Waals surface area contributed by atoms with Crippen LogP contribution in [-0.4, -0.2) is 35.1 Å². The Bertz CT molecular complexity index is 642. The fourth-order valence-electron chi connectivity index (χ4n) is 4.08. The third-order valence-corrected chi connectivity index (χ3v) is 6.23. The number of nitrogens with one attached hydrogen (secondary N) is 1. The molecule has 0 spiro atoms. The summed E-state index contributed by atoms with van der Waals surface area (Å²) in [5, 5.41) is 13.7. The number of hydrogen-bond acceptors (Lipinski definition) is 7. The van der Waals surface area contributed by atoms with Crippen molar-refractivity contribution >= 4 is 11.9 Å². The van der Waals surface area contributed by atoms with E-state index in [2.05, 4.69) is 5.32 Å². The second-order valence-electron chi connectivity index (χ2n) is 7.51. The van der Waals surface area contributed by atoms with Crippen molar-refractivity contribution < 1.29 is 24.0 Å². The van der Waals surface area contributed by atoms with Crippen molar-refractivity contribution in [3.63, 3.8) is 0 Å². The van der Waals surface area contributed by atoms with E-state index >= 15 is 0 Å². The molecular weight excluding hydrogens is 316 g/mol. The number of carbonyl (C=O) groups is 2. The maximum Gasteiger partial charge on any atom is 0.351 e. The van der Waals surface area contributed by atoms with Crippen molar-refractivity contribution in [2.24, 2.45) is 10.8 Å². The van der Waals surface area contributed by atoms with Gasteiger partial charge >= 0.3 is 11.9 Å². The minimum Gasteiger partial charge on any atom is -0.453 e. The average Bonchev–Trinajstić information content (AvgIpc) is 2.79. The summed E-state index contributed by atoms with van der Waals surface area (Å²) < 4.78 is 11.1. The Labute approximate surface area is 139 Å². The summed E-state index contributed by atoms with van der Waals surface area (Å²) in [6, 6.07) is 0. The van der Waals surface area contributed by atoms with Gasteiger partial charge in [0.1, 0.15) is 11.8 Å². The summed E-state index contributed by atoms with van der Waals surface area (Å²) in [6.07, 6.45) is 2.33. The first kappa shape index (κ1) is 16.7. The van der Waals surface area contributed by atoms with E-state index in [4.69, 9.17) is 9.47 Å². The third-order valence-electron chi connectivity index (χ3n) is 6.23. The number of ether oxygens (including phenoxy) is 2. The largest absolute Gasteiger partial charge is 0.453 e. The maximum absolute atomic E-state index is 12.9. The van der Waals surface area contributed by atoms with Gasteiger partial charge in [-0.3, -0.25) is 14.9 Å². The molecule has 2 bridgehead atoms. The standard InChI is InChI=1S/C16H22N2O6/c1-14(2)15(3)6-7-16(14,24-12(15)19)13(20)23-11-5-4-8-17-10(11)9-18(21)22/h9,11,17H,4-8H2,1-3H3/b10-9-/t11-,15-,16+/m1/s1. The van der Waals surface area contributed by atoms with Crippen LogP contribution in [0, 0.1) is 20.9 Å². The van der Waals surface area contributed by atoms with Gasteiger partial charge in [0, 0.05) is 12.0 Å². The SMILES string of the molecule is CC1(C)[C@@]2(C(=O)O[C@@H]3CCCN/C3=C\[N+](=O)[O-])CC[C@]1(C)C(=O)O2. The summed E-state index contributed by atoms with van der Waals surface area (Å²) >= 11 is 0. The highest BCUT2D eigenvalue weighted by Gasteiger charge is 2.76. The average molecular weight is 338 g/mol. The first-order valence-corrected chi connectivity index (χ1v) is 8.18. The number of fused-ring (bicyclic) bond motifs is 2. The fourth-order valence-corrected chi connectivity index (χ4v) is 4.08. The number of nitro groups is 1. The summed E-state index contributed by atoms with van der Waals surface area (Å²) in [6.45, 7) is 6.10. The third kappa shape index (κ3) is 2.04. The molecule has 2 saturated heterocycles. The molecule has 0 aromatic rings. The Morgan fingerprint density at radius 2 is 2.12 bits per heavy atom. The van der Waals surface area contributed by atoms with Gasteiger partial charge in [0.25, 0.3) is 6.20 Å². The van der Waals surface area contributed by atoms with Gasteiger partial charge < -0.3 is 14.8 Å². The summed E-state index contributed by atoms with van der Waals surface area (Å²) in [7, 11) is 0. The molecule has 132 valence electrons. The topological polar surface area (TPSA) is 108 Å². The molecule has 8 heteroatoms. The molecule has 24 heavy (non-hydrogen) atoms. The van der Waals surface area contributed by atoms with Gasteiger partial charge in [-0.1, -0.05) is 13.8 Å². The Morgan fingerprint density at radius 1 is 1.42 bits per heavy atom. The van der Waals surface area contributed by atoms with Crippen molar-refractivity contribution in [1.29, 1.82) is 0 Å². The molecule has 0 aromatic carbocycles. The van der Waals surface area contributed by atoms with Crippen LogP contribution in [0.1, 0.15) is 46.5 Å². The van der Waals surface area contributed by atoms with Crippen LogP contribution in [0.3, 0.4) is 0 Å². The fraction of sp³-hybridized carbons (Fsp3) is 0.750. The lowest BCUT2D eigenvalue weighted by Gasteiger charge is -2.36. The number of carbonyl (C=O) groups excluding carboxylic acids is 2. The zero-order valence-electron chi connectivity index (χ0n) is 14.1. The Kier molecular flexibility index (Phi) is 3.62. The van der Waals surface area contributed by atoms with Crippen molar-refractivity contribution in [2.75, 3.05) is 6.54 Å². The number of rotatable bonds is 3. The molecule has 3 aliphatic rings. The molecule has 0 amide bonds. The second kappa shape index (κ2) is 5.19. The first-order valence-electron chi connectivity index (χ1n) is 8.18. The maximum atomic E-state index is 12.9. The summed E-state index contributed by atoms with van der Waals surface area (Å²) in [5.74, 6) is -0.983. The highest BCUT2D eigenvalue weighted by molar-refractivity contribution is 5.93. The number of nitrogens with zero attached hydrogens (tertiary/aromatic N) is 1. The van der Waals surface area contributed by atoms with Gasteiger partial charge in [0.05, 0.1) is 10.3 Å². The number of piperidine rings is 1. The van der Waals surface area contributed by atoms with Gasteiger partial charge in [0.15, 0.2) is 0 Å². The van der Waals surface area contributed by atoms with Crippen LogP contribution in [-0.2, 0) is 19.1 Å². The molecule has 8 nitrogen and oxygen atoms in total. The van der Waals surface area contributed by atoms with Crippen molar-refractivity contribution in [1.82, 2.24) is 5.32 Å². The molecule has 2 aliphatic heterocycles. The zero-order chi connectivity index (χ0) is 17.8. The van der Waals surface area contributed by atoms with Gasteiger partial charge in [0.2, 0.25) is 5.60 Å². The van der Waals surface area contributed by atoms with Gasteiger partial charge in [-0.25, -0.2) is 4.79 Å². The quantitative estimate of drug-likeness (QED) is 0.472. The van der Waals surface area contributed by atoms with Crippen LogP contribution in [0.15, 0.2) is 11.9 Å². The normalized spacial score (nSPS) is 38.5. The highest BCUT2D eigenvalue weighted by atomic mass is 16.6. The van der Waals surface area contributed by atoms with Gasteiger partial charge in [-0.05, 0) is 32.6 Å². The van der Waals surface area contributed by atoms with E-state index in [1.807, 2.05) is 20.8 Å². The van der Waals surface area contributed by atoms with Crippen LogP contribution >= 0.6 is 0 Å². The lowest BCUT2D eigenvalue weighted by Crippen LogP contribution is -2.50. The van der Waals surface area contributed by atoms with Crippen molar-refractivity contribution in [3.05, 3.63) is 22.0 Å². The smallest absolute Gasteiger partial charge is 0.351 e. The van der Waals surface area contributed by atoms with E-state index in [0.29, 0.717) is 25.8 Å². The van der Waals surface area contributed by atoms with Crippen molar-refractivity contribution in [3.8, 4) is 0 Å². The van der Waals surface area contributed by atoms with E-state index in [1.165, 1.54) is 0 Å². The van der Waals surface area contributed by atoms with Gasteiger partial charge in [-0.2, -0.15) is 0 Å². The summed E-state index contributed by atoms with van der Waals surface area (Å²) in [4.78, 5) is 35.3. The van der Waals surface area contributed by atoms with Crippen LogP contribution < -0.4 is 5.32 Å². The molecule has 3 fully saturated rings. The molecule has 0 unspecified atom stereocenters. The number of hydrogen-bond donors (Lipinski definition) is 1. The van der Waals surface area contributed by atoms with E-state index in [9.17, 15) is 19.7 Å². The van der Waals surface area contributed by atoms with E-state index in [0.717, 1.165) is 12.6 Å². The highest BCUT2D eigenvalue weighted by Crippen LogP contribution is 2.65. The zero-order valence-corrected chi connectivity index (χ0v) is 14.1. The molecular formula is C16H22N2O6. The predicted molar refractivity (Wildman–Crippen MR) is 82.1 cm³/mol. The Balaban J connectivity index is 1.85. The van der Waals surface area contributed by atoms with E-state index < -0.39 is 33.4 Å². The van der Waals surface area contributed by atoms with Crippen molar-refractivity contribution in [2.45, 2.75) is 58.2 Å². The lowest BCUT2D eigenvalue weighted by atomic mass is 9.66. The van der Waals surface area contributed by atoms with E-state index in [1.54, 1.807) is 0 Å². The Hall–Kier alpha value is -2.12. The molecule has 3 atom stereocenters. The van der Waals surface area contributed by atoms with Crippen LogP contribution in [0.4, 0.5) is 0 Å². The second-order valence-corrected chi connectivity index (χ2v) is 7.51. The summed E-state index contributed by atoms with van der Waals surface area (Å²) in [5.41, 5.74) is -2.44.